The van der Waals surface area contributed by atoms with Gasteiger partial charge < -0.3 is 14.7 Å². The zero-order valence-electron chi connectivity index (χ0n) is 25.0. The van der Waals surface area contributed by atoms with Gasteiger partial charge in [-0.1, -0.05) is 83.9 Å². The van der Waals surface area contributed by atoms with Crippen LogP contribution < -0.4 is 14.5 Å². The zero-order chi connectivity index (χ0) is 30.9. The normalized spacial score (nSPS) is 11.4. The second-order valence-electron chi connectivity index (χ2n) is 10.8. The number of carboxylic acid groups (broad SMARTS) is 1. The van der Waals surface area contributed by atoms with Crippen molar-refractivity contribution in [3.05, 3.63) is 156 Å². The van der Waals surface area contributed by atoms with Crippen LogP contribution in [0.5, 0.6) is 5.75 Å². The molecule has 0 aliphatic heterocycles. The van der Waals surface area contributed by atoms with E-state index >= 15 is 0 Å². The van der Waals surface area contributed by atoms with E-state index in [0.717, 1.165) is 16.9 Å². The van der Waals surface area contributed by atoms with Gasteiger partial charge in [-0.2, -0.15) is 0 Å². The van der Waals surface area contributed by atoms with E-state index in [0.29, 0.717) is 30.2 Å². The third-order valence-corrected chi connectivity index (χ3v) is 7.50. The van der Waals surface area contributed by atoms with Crippen molar-refractivity contribution in [2.24, 2.45) is 0 Å². The van der Waals surface area contributed by atoms with E-state index in [1.165, 1.54) is 16.0 Å². The maximum Gasteiger partial charge on any atom is 0.327 e. The first-order valence-corrected chi connectivity index (χ1v) is 14.7. The number of nitrogens with zero attached hydrogens (tertiary/aromatic N) is 2. The maximum absolute atomic E-state index is 13.6. The first-order valence-electron chi connectivity index (χ1n) is 14.7. The summed E-state index contributed by atoms with van der Waals surface area (Å²) < 4.78 is 6.12. The molecule has 1 amide bonds. The van der Waals surface area contributed by atoms with E-state index in [1.807, 2.05) is 36.4 Å². The predicted molar refractivity (Wildman–Crippen MR) is 176 cm³/mol. The molecule has 0 aromatic heterocycles. The van der Waals surface area contributed by atoms with Crippen molar-refractivity contribution < 1.29 is 19.4 Å². The Kier molecular flexibility index (Phi) is 9.72. The number of benzene rings is 5. The molecular formula is C38H36N2O4. The third kappa shape index (κ3) is 7.53. The molecule has 0 heterocycles. The Hall–Kier alpha value is -5.36. The number of rotatable bonds is 12. The summed E-state index contributed by atoms with van der Waals surface area (Å²) in [4.78, 5) is 29.8. The third-order valence-electron chi connectivity index (χ3n) is 7.50. The summed E-state index contributed by atoms with van der Waals surface area (Å²) in [5, 5.41) is 10.3. The van der Waals surface area contributed by atoms with Gasteiger partial charge in [0.2, 0.25) is 0 Å². The van der Waals surface area contributed by atoms with Crippen LogP contribution in [0, 0.1) is 13.8 Å². The molecule has 1 atom stereocenters. The van der Waals surface area contributed by atoms with Gasteiger partial charge in [0.25, 0.3) is 5.91 Å². The summed E-state index contributed by atoms with van der Waals surface area (Å²) in [5.41, 5.74) is 6.33. The largest absolute Gasteiger partial charge is 0.492 e. The average Bonchev–Trinajstić information content (AvgIpc) is 3.05. The molecule has 5 aromatic carbocycles. The van der Waals surface area contributed by atoms with Crippen molar-refractivity contribution >= 4 is 28.9 Å². The van der Waals surface area contributed by atoms with Crippen LogP contribution in [-0.2, 0) is 11.2 Å². The number of carbonyl (C=O) groups is 2. The second-order valence-corrected chi connectivity index (χ2v) is 10.8. The highest BCUT2D eigenvalue weighted by Crippen LogP contribution is 2.27. The minimum Gasteiger partial charge on any atom is -0.492 e. The number of aliphatic carboxylic acids is 1. The van der Waals surface area contributed by atoms with Crippen molar-refractivity contribution in [3.8, 4) is 5.75 Å². The summed E-state index contributed by atoms with van der Waals surface area (Å²) in [6.07, 6.45) is 0.137. The Bertz CT molecular complexity index is 1610. The number of aryl methyl sites for hydroxylation is 2. The molecule has 0 spiro atoms. The Morgan fingerprint density at radius 1 is 0.659 bits per heavy atom. The summed E-state index contributed by atoms with van der Waals surface area (Å²) in [7, 11) is 0. The highest BCUT2D eigenvalue weighted by atomic mass is 16.5. The molecule has 0 fully saturated rings. The van der Waals surface area contributed by atoms with Gasteiger partial charge in [-0.25, -0.2) is 4.79 Å². The number of hydrogen-bond donors (Lipinski definition) is 1. The number of para-hydroxylation sites is 1. The van der Waals surface area contributed by atoms with Gasteiger partial charge in [0.05, 0.1) is 6.54 Å². The Morgan fingerprint density at radius 2 is 1.18 bits per heavy atom. The molecule has 0 saturated carbocycles. The Morgan fingerprint density at radius 3 is 1.70 bits per heavy atom. The van der Waals surface area contributed by atoms with Crippen LogP contribution in [-0.4, -0.2) is 36.2 Å². The topological polar surface area (TPSA) is 70.1 Å². The second kappa shape index (κ2) is 14.2. The van der Waals surface area contributed by atoms with Crippen molar-refractivity contribution in [2.45, 2.75) is 26.3 Å². The van der Waals surface area contributed by atoms with Crippen molar-refractivity contribution in [1.29, 1.82) is 0 Å². The lowest BCUT2D eigenvalue weighted by atomic mass is 10.0. The van der Waals surface area contributed by atoms with Crippen LogP contribution in [0.25, 0.3) is 0 Å². The van der Waals surface area contributed by atoms with E-state index in [-0.39, 0.29) is 12.3 Å². The fourth-order valence-corrected chi connectivity index (χ4v) is 5.09. The number of anilines is 3. The summed E-state index contributed by atoms with van der Waals surface area (Å²) in [5.74, 6) is -0.754. The van der Waals surface area contributed by atoms with E-state index in [4.69, 9.17) is 4.74 Å². The van der Waals surface area contributed by atoms with Crippen LogP contribution in [0.4, 0.5) is 17.1 Å². The average molecular weight is 585 g/mol. The number of carbonyl (C=O) groups excluding carboxylic acids is 1. The first kappa shape index (κ1) is 30.1. The number of amides is 1. The van der Waals surface area contributed by atoms with E-state index in [1.54, 1.807) is 48.5 Å². The van der Waals surface area contributed by atoms with Crippen molar-refractivity contribution in [1.82, 2.24) is 0 Å². The van der Waals surface area contributed by atoms with Crippen LogP contribution in [0.1, 0.15) is 27.0 Å². The highest BCUT2D eigenvalue weighted by molar-refractivity contribution is 6.09. The fourth-order valence-electron chi connectivity index (χ4n) is 5.09. The van der Waals surface area contributed by atoms with Crippen LogP contribution in [0.15, 0.2) is 133 Å². The summed E-state index contributed by atoms with van der Waals surface area (Å²) >= 11 is 0. The minimum atomic E-state index is -1.10. The molecule has 1 unspecified atom stereocenters. The van der Waals surface area contributed by atoms with Gasteiger partial charge in [-0.15, -0.1) is 0 Å². The maximum atomic E-state index is 13.6. The summed E-state index contributed by atoms with van der Waals surface area (Å²) in [6.45, 7) is 5.24. The molecule has 6 nitrogen and oxygen atoms in total. The lowest BCUT2D eigenvalue weighted by molar-refractivity contribution is -0.138. The SMILES string of the molecule is Cc1ccc(N(CCOc2ccc(CC(C(=O)O)N(C(=O)c3ccccc3)c3ccccc3)cc2)c2ccc(C)cc2)cc1. The molecule has 1 N–H and O–H groups in total. The molecule has 0 bridgehead atoms. The van der Waals surface area contributed by atoms with Crippen molar-refractivity contribution in [2.75, 3.05) is 23.0 Å². The van der Waals surface area contributed by atoms with Gasteiger partial charge in [-0.3, -0.25) is 9.69 Å². The molecule has 5 aromatic rings. The minimum absolute atomic E-state index is 0.137. The van der Waals surface area contributed by atoms with Crippen LogP contribution in [0.3, 0.4) is 0 Å². The molecule has 222 valence electrons. The van der Waals surface area contributed by atoms with E-state index < -0.39 is 12.0 Å². The zero-order valence-corrected chi connectivity index (χ0v) is 25.0. The van der Waals surface area contributed by atoms with Crippen molar-refractivity contribution in [3.63, 3.8) is 0 Å². The predicted octanol–water partition coefficient (Wildman–Crippen LogP) is 7.86. The molecular weight excluding hydrogens is 548 g/mol. The number of hydrogen-bond acceptors (Lipinski definition) is 4. The molecule has 5 rings (SSSR count). The van der Waals surface area contributed by atoms with Gasteiger partial charge >= 0.3 is 5.97 Å². The molecule has 0 radical (unpaired) electrons. The van der Waals surface area contributed by atoms with E-state index in [9.17, 15) is 14.7 Å². The van der Waals surface area contributed by atoms with Gasteiger partial charge in [0, 0.05) is 29.0 Å². The molecule has 6 heteroatoms. The van der Waals surface area contributed by atoms with Gasteiger partial charge in [-0.05, 0) is 80.1 Å². The smallest absolute Gasteiger partial charge is 0.327 e. The molecule has 0 aliphatic rings. The van der Waals surface area contributed by atoms with Gasteiger partial charge in [0.15, 0.2) is 0 Å². The Balaban J connectivity index is 1.29. The van der Waals surface area contributed by atoms with Crippen LogP contribution >= 0.6 is 0 Å². The molecule has 0 aliphatic carbocycles. The lowest BCUT2D eigenvalue weighted by Gasteiger charge is -2.29. The van der Waals surface area contributed by atoms with Gasteiger partial charge in [0.1, 0.15) is 18.4 Å². The standard InChI is InChI=1S/C38H36N2O4/c1-28-13-19-32(20-14-28)39(33-21-15-29(2)16-22-33)25-26-44-35-23-17-30(18-24-35)27-36(38(42)43)40(34-11-7-4-8-12-34)37(41)31-9-5-3-6-10-31/h3-24,36H,25-27H2,1-2H3,(H,42,43). The Labute approximate surface area is 258 Å². The molecule has 0 saturated heterocycles. The highest BCUT2D eigenvalue weighted by Gasteiger charge is 2.32. The first-order chi connectivity index (χ1) is 21.4. The monoisotopic (exact) mass is 584 g/mol. The quantitative estimate of drug-likeness (QED) is 0.162. The fraction of sp³-hybridized carbons (Fsp3) is 0.158. The number of ether oxygens (including phenoxy) is 1. The summed E-state index contributed by atoms with van der Waals surface area (Å²) in [6, 6.07) is 40.9. The molecule has 44 heavy (non-hydrogen) atoms. The van der Waals surface area contributed by atoms with E-state index in [2.05, 4.69) is 67.3 Å². The number of carboxylic acids is 1. The lowest BCUT2D eigenvalue weighted by Crippen LogP contribution is -2.46. The van der Waals surface area contributed by atoms with Crippen LogP contribution in [0.2, 0.25) is 0 Å².